The van der Waals surface area contributed by atoms with Crippen molar-refractivity contribution in [1.29, 1.82) is 0 Å². The molecule has 3 nitrogen and oxygen atoms in total. The number of nitrogens with two attached hydrogens (primary N) is 1. The molecule has 0 amide bonds. The number of para-hydroxylation sites is 1. The Labute approximate surface area is 118 Å². The highest BCUT2D eigenvalue weighted by molar-refractivity contribution is 6.34. The van der Waals surface area contributed by atoms with E-state index in [1.54, 1.807) is 0 Å². The molecular formula is C15H20ClNO2. The lowest BCUT2D eigenvalue weighted by Gasteiger charge is -2.21. The Morgan fingerprint density at radius 2 is 2.16 bits per heavy atom. The van der Waals surface area contributed by atoms with Gasteiger partial charge < -0.3 is 14.9 Å². The summed E-state index contributed by atoms with van der Waals surface area (Å²) in [7, 11) is 0. The number of hydrogen-bond donors (Lipinski definition) is 1. The Morgan fingerprint density at radius 3 is 2.79 bits per heavy atom. The third-order valence-electron chi connectivity index (χ3n) is 3.20. The lowest BCUT2D eigenvalue weighted by molar-refractivity contribution is 0.0329. The number of rotatable bonds is 6. The Hall–Kier alpha value is -1.03. The molecule has 2 atom stereocenters. The molecule has 2 N–H and O–H groups in total. The summed E-state index contributed by atoms with van der Waals surface area (Å²) in [5, 5.41) is 1.59. The molecule has 1 aromatic carbocycles. The van der Waals surface area contributed by atoms with E-state index in [-0.39, 0.29) is 12.1 Å². The van der Waals surface area contributed by atoms with Crippen molar-refractivity contribution in [2.24, 2.45) is 5.73 Å². The number of fused-ring (bicyclic) bond motifs is 1. The summed E-state index contributed by atoms with van der Waals surface area (Å²) in [4.78, 5) is 0. The summed E-state index contributed by atoms with van der Waals surface area (Å²) in [6.07, 6.45) is 1.92. The smallest absolute Gasteiger partial charge is 0.152 e. The molecule has 104 valence electrons. The van der Waals surface area contributed by atoms with Crippen LogP contribution in [0.15, 0.2) is 28.7 Å². The minimum absolute atomic E-state index is 0.0191. The van der Waals surface area contributed by atoms with Gasteiger partial charge in [-0.25, -0.2) is 0 Å². The van der Waals surface area contributed by atoms with E-state index in [1.165, 1.54) is 0 Å². The van der Waals surface area contributed by atoms with Crippen molar-refractivity contribution in [1.82, 2.24) is 0 Å². The van der Waals surface area contributed by atoms with Gasteiger partial charge in [-0.3, -0.25) is 0 Å². The quantitative estimate of drug-likeness (QED) is 0.859. The molecule has 0 spiro atoms. The van der Waals surface area contributed by atoms with Gasteiger partial charge in [0.15, 0.2) is 5.58 Å². The van der Waals surface area contributed by atoms with Crippen LogP contribution in [-0.4, -0.2) is 12.7 Å². The van der Waals surface area contributed by atoms with Crippen molar-refractivity contribution in [2.45, 2.75) is 38.8 Å². The zero-order valence-electron chi connectivity index (χ0n) is 11.4. The summed E-state index contributed by atoms with van der Waals surface area (Å²) < 4.78 is 11.5. The number of ether oxygens (including phenoxy) is 1. The van der Waals surface area contributed by atoms with Crippen LogP contribution in [0.3, 0.4) is 0 Å². The van der Waals surface area contributed by atoms with Crippen LogP contribution >= 0.6 is 11.6 Å². The molecule has 1 heterocycles. The summed E-state index contributed by atoms with van der Waals surface area (Å²) in [5.41, 5.74) is 6.96. The van der Waals surface area contributed by atoms with Crippen LogP contribution < -0.4 is 5.73 Å². The second-order valence-electron chi connectivity index (χ2n) is 4.62. The zero-order valence-corrected chi connectivity index (χ0v) is 12.1. The van der Waals surface area contributed by atoms with Gasteiger partial charge in [0.2, 0.25) is 0 Å². The van der Waals surface area contributed by atoms with E-state index in [4.69, 9.17) is 26.5 Å². The fourth-order valence-electron chi connectivity index (χ4n) is 2.26. The topological polar surface area (TPSA) is 48.4 Å². The SMILES string of the molecule is CCCC(OCC)C(N)c1cc2cccc(Cl)c2o1. The molecule has 0 saturated heterocycles. The normalized spacial score (nSPS) is 14.7. The van der Waals surface area contributed by atoms with Crippen molar-refractivity contribution < 1.29 is 9.15 Å². The van der Waals surface area contributed by atoms with Gasteiger partial charge in [-0.15, -0.1) is 0 Å². The molecule has 0 aliphatic rings. The lowest BCUT2D eigenvalue weighted by atomic mass is 10.0. The van der Waals surface area contributed by atoms with Crippen molar-refractivity contribution in [3.63, 3.8) is 0 Å². The minimum Gasteiger partial charge on any atom is -0.458 e. The maximum atomic E-state index is 6.26. The van der Waals surface area contributed by atoms with Gasteiger partial charge in [0.25, 0.3) is 0 Å². The summed E-state index contributed by atoms with van der Waals surface area (Å²) >= 11 is 6.11. The van der Waals surface area contributed by atoms with Crippen molar-refractivity contribution in [2.75, 3.05) is 6.61 Å². The second kappa shape index (κ2) is 6.42. The fourth-order valence-corrected chi connectivity index (χ4v) is 2.48. The number of hydrogen-bond acceptors (Lipinski definition) is 3. The highest BCUT2D eigenvalue weighted by Gasteiger charge is 2.23. The van der Waals surface area contributed by atoms with Crippen molar-refractivity contribution in [3.05, 3.63) is 35.0 Å². The van der Waals surface area contributed by atoms with E-state index in [0.717, 1.165) is 24.0 Å². The zero-order chi connectivity index (χ0) is 13.8. The second-order valence-corrected chi connectivity index (χ2v) is 5.02. The first kappa shape index (κ1) is 14.4. The van der Waals surface area contributed by atoms with Gasteiger partial charge in [-0.2, -0.15) is 0 Å². The van der Waals surface area contributed by atoms with Crippen LogP contribution in [0.25, 0.3) is 11.0 Å². The van der Waals surface area contributed by atoms with Crippen LogP contribution in [0.4, 0.5) is 0 Å². The third kappa shape index (κ3) is 3.11. The van der Waals surface area contributed by atoms with E-state index in [1.807, 2.05) is 31.2 Å². The molecule has 0 aliphatic heterocycles. The van der Waals surface area contributed by atoms with Gasteiger partial charge in [-0.05, 0) is 25.5 Å². The average Bonchev–Trinajstić information content (AvgIpc) is 2.83. The highest BCUT2D eigenvalue weighted by Crippen LogP contribution is 2.31. The molecular weight excluding hydrogens is 262 g/mol. The summed E-state index contributed by atoms with van der Waals surface area (Å²) in [5.74, 6) is 0.731. The first-order chi connectivity index (χ1) is 9.17. The van der Waals surface area contributed by atoms with Crippen LogP contribution in [0.1, 0.15) is 38.5 Å². The van der Waals surface area contributed by atoms with Crippen molar-refractivity contribution in [3.8, 4) is 0 Å². The van der Waals surface area contributed by atoms with Crippen molar-refractivity contribution >= 4 is 22.6 Å². The highest BCUT2D eigenvalue weighted by atomic mass is 35.5. The maximum absolute atomic E-state index is 6.26. The van der Waals surface area contributed by atoms with E-state index < -0.39 is 0 Å². The number of furan rings is 1. The standard InChI is InChI=1S/C15H20ClNO2/c1-3-6-12(18-4-2)14(17)13-9-10-7-5-8-11(16)15(10)19-13/h5,7-9,12,14H,3-4,6,17H2,1-2H3. The molecule has 0 saturated carbocycles. The van der Waals surface area contributed by atoms with E-state index >= 15 is 0 Å². The van der Waals surface area contributed by atoms with E-state index in [2.05, 4.69) is 6.92 Å². The average molecular weight is 282 g/mol. The predicted molar refractivity (Wildman–Crippen MR) is 78.5 cm³/mol. The number of benzene rings is 1. The Bertz CT molecular complexity index is 532. The molecule has 2 aromatic rings. The fraction of sp³-hybridized carbons (Fsp3) is 0.467. The maximum Gasteiger partial charge on any atom is 0.152 e. The van der Waals surface area contributed by atoms with Gasteiger partial charge in [0, 0.05) is 12.0 Å². The molecule has 0 bridgehead atoms. The molecule has 19 heavy (non-hydrogen) atoms. The van der Waals surface area contributed by atoms with Gasteiger partial charge in [-0.1, -0.05) is 37.1 Å². The first-order valence-electron chi connectivity index (χ1n) is 6.72. The molecule has 0 fully saturated rings. The molecule has 1 aromatic heterocycles. The van der Waals surface area contributed by atoms with Gasteiger partial charge >= 0.3 is 0 Å². The first-order valence-corrected chi connectivity index (χ1v) is 7.10. The summed E-state index contributed by atoms with van der Waals surface area (Å²) in [6.45, 7) is 4.75. The molecule has 0 aliphatic carbocycles. The molecule has 2 unspecified atom stereocenters. The Morgan fingerprint density at radius 1 is 1.37 bits per heavy atom. The van der Waals surface area contributed by atoms with E-state index in [9.17, 15) is 0 Å². The molecule has 4 heteroatoms. The van der Waals surface area contributed by atoms with Crippen LogP contribution in [-0.2, 0) is 4.74 Å². The van der Waals surface area contributed by atoms with Gasteiger partial charge in [0.1, 0.15) is 5.76 Å². The summed E-state index contributed by atoms with van der Waals surface area (Å²) in [6, 6.07) is 7.38. The largest absolute Gasteiger partial charge is 0.458 e. The Kier molecular flexibility index (Phi) is 4.86. The van der Waals surface area contributed by atoms with Crippen LogP contribution in [0.5, 0.6) is 0 Å². The van der Waals surface area contributed by atoms with E-state index in [0.29, 0.717) is 17.2 Å². The number of halogens is 1. The third-order valence-corrected chi connectivity index (χ3v) is 3.50. The Balaban J connectivity index is 2.29. The van der Waals surface area contributed by atoms with Gasteiger partial charge in [0.05, 0.1) is 17.2 Å². The predicted octanol–water partition coefficient (Wildman–Crippen LogP) is 4.29. The lowest BCUT2D eigenvalue weighted by Crippen LogP contribution is -2.28. The molecule has 2 rings (SSSR count). The monoisotopic (exact) mass is 281 g/mol. The minimum atomic E-state index is -0.261. The van der Waals surface area contributed by atoms with Crippen LogP contribution in [0, 0.1) is 0 Å². The van der Waals surface area contributed by atoms with Crippen LogP contribution in [0.2, 0.25) is 5.02 Å². The molecule has 0 radical (unpaired) electrons.